The molecule has 0 bridgehead atoms. The Morgan fingerprint density at radius 3 is 2.61 bits per heavy atom. The summed E-state index contributed by atoms with van der Waals surface area (Å²) in [7, 11) is 0. The molecule has 4 fully saturated rings. The van der Waals surface area contributed by atoms with Crippen molar-refractivity contribution in [2.24, 2.45) is 5.92 Å². The van der Waals surface area contributed by atoms with Crippen LogP contribution in [0.5, 0.6) is 0 Å². The van der Waals surface area contributed by atoms with Gasteiger partial charge in [0.1, 0.15) is 6.61 Å². The van der Waals surface area contributed by atoms with E-state index in [4.69, 9.17) is 9.47 Å². The summed E-state index contributed by atoms with van der Waals surface area (Å²) >= 11 is 0. The molecule has 0 unspecified atom stereocenters. The lowest BCUT2D eigenvalue weighted by Gasteiger charge is -2.51. The Morgan fingerprint density at radius 2 is 1.90 bits per heavy atom. The van der Waals surface area contributed by atoms with Crippen LogP contribution in [0.2, 0.25) is 0 Å². The van der Waals surface area contributed by atoms with Crippen LogP contribution in [0.25, 0.3) is 0 Å². The van der Waals surface area contributed by atoms with Gasteiger partial charge in [0.05, 0.1) is 30.9 Å². The summed E-state index contributed by atoms with van der Waals surface area (Å²) in [5.41, 5.74) is 0.912. The number of carbonyl (C=O) groups excluding carboxylic acids is 2. The zero-order valence-electron chi connectivity index (χ0n) is 18.3. The molecule has 5 rings (SSSR count). The van der Waals surface area contributed by atoms with Crippen LogP contribution in [0, 0.1) is 5.92 Å². The lowest BCUT2D eigenvalue weighted by Crippen LogP contribution is -2.72. The van der Waals surface area contributed by atoms with Gasteiger partial charge in [0.25, 0.3) is 0 Å². The highest BCUT2D eigenvalue weighted by atomic mass is 16.5. The third kappa shape index (κ3) is 4.51. The van der Waals surface area contributed by atoms with Gasteiger partial charge in [0.2, 0.25) is 11.8 Å². The lowest BCUT2D eigenvalue weighted by molar-refractivity contribution is -0.156. The van der Waals surface area contributed by atoms with Gasteiger partial charge in [-0.2, -0.15) is 0 Å². The van der Waals surface area contributed by atoms with Gasteiger partial charge in [-0.1, -0.05) is 30.3 Å². The first-order valence-corrected chi connectivity index (χ1v) is 12.0. The molecule has 2 atom stereocenters. The van der Waals surface area contributed by atoms with E-state index >= 15 is 0 Å². The number of amides is 2. The van der Waals surface area contributed by atoms with Crippen molar-refractivity contribution in [2.75, 3.05) is 26.4 Å². The highest BCUT2D eigenvalue weighted by Gasteiger charge is 2.51. The van der Waals surface area contributed by atoms with Crippen molar-refractivity contribution in [3.8, 4) is 0 Å². The van der Waals surface area contributed by atoms with E-state index in [0.29, 0.717) is 19.1 Å². The molecular formula is C25H34N2O4. The number of rotatable bonds is 5. The molecule has 0 aromatic heterocycles. The maximum absolute atomic E-state index is 13.0. The second kappa shape index (κ2) is 8.91. The van der Waals surface area contributed by atoms with Crippen molar-refractivity contribution >= 4 is 11.8 Å². The fourth-order valence-corrected chi connectivity index (χ4v) is 5.77. The van der Waals surface area contributed by atoms with Crippen molar-refractivity contribution in [2.45, 2.75) is 75.0 Å². The summed E-state index contributed by atoms with van der Waals surface area (Å²) in [4.78, 5) is 27.3. The first kappa shape index (κ1) is 21.0. The summed E-state index contributed by atoms with van der Waals surface area (Å²) < 4.78 is 12.1. The topological polar surface area (TPSA) is 67.9 Å². The Balaban J connectivity index is 1.24. The van der Waals surface area contributed by atoms with Gasteiger partial charge in [-0.3, -0.25) is 9.59 Å². The van der Waals surface area contributed by atoms with Crippen molar-refractivity contribution in [3.05, 3.63) is 35.9 Å². The van der Waals surface area contributed by atoms with Gasteiger partial charge in [0.15, 0.2) is 0 Å². The summed E-state index contributed by atoms with van der Waals surface area (Å²) in [6.45, 7) is 1.79. The van der Waals surface area contributed by atoms with Crippen molar-refractivity contribution in [3.63, 3.8) is 0 Å². The minimum atomic E-state index is -0.515. The molecule has 1 spiro atoms. The number of nitrogens with zero attached hydrogens (tertiary/aromatic N) is 1. The predicted molar refractivity (Wildman–Crippen MR) is 117 cm³/mol. The zero-order valence-corrected chi connectivity index (χ0v) is 18.3. The van der Waals surface area contributed by atoms with E-state index in [0.717, 1.165) is 57.9 Å². The van der Waals surface area contributed by atoms with E-state index in [2.05, 4.69) is 35.6 Å². The van der Waals surface area contributed by atoms with Gasteiger partial charge < -0.3 is 19.7 Å². The van der Waals surface area contributed by atoms with Crippen molar-refractivity contribution < 1.29 is 19.1 Å². The Labute approximate surface area is 184 Å². The summed E-state index contributed by atoms with van der Waals surface area (Å²) in [5, 5.41) is 3.20. The first-order valence-electron chi connectivity index (χ1n) is 12.0. The van der Waals surface area contributed by atoms with Crippen LogP contribution >= 0.6 is 0 Å². The van der Waals surface area contributed by atoms with E-state index in [1.807, 2.05) is 4.90 Å². The van der Waals surface area contributed by atoms with Gasteiger partial charge in [-0.25, -0.2) is 0 Å². The van der Waals surface area contributed by atoms with Crippen LogP contribution in [0.1, 0.15) is 62.8 Å². The number of carbonyl (C=O) groups is 2. The molecule has 168 valence electrons. The van der Waals surface area contributed by atoms with Crippen LogP contribution in [-0.4, -0.2) is 60.8 Å². The molecule has 0 radical (unpaired) electrons. The van der Waals surface area contributed by atoms with E-state index in [-0.39, 0.29) is 36.5 Å². The second-order valence-electron chi connectivity index (χ2n) is 9.84. The molecule has 4 aliphatic rings. The standard InChI is InChI=1S/C25H34N2O4/c28-23-16-30-17-25(26-23)13-4-14-27(24(29)20-7-8-20)22(25)15-31-21-11-9-19(10-12-21)18-5-2-1-3-6-18/h1-3,5-6,19-22H,4,7-17H2,(H,26,28)/t19-,21+,22-,25+/m0/s1. The molecule has 2 aliphatic carbocycles. The van der Waals surface area contributed by atoms with E-state index in [1.54, 1.807) is 0 Å². The average molecular weight is 427 g/mol. The van der Waals surface area contributed by atoms with Crippen LogP contribution in [0.15, 0.2) is 30.3 Å². The maximum Gasteiger partial charge on any atom is 0.246 e. The van der Waals surface area contributed by atoms with Crippen LogP contribution < -0.4 is 5.32 Å². The maximum atomic E-state index is 13.0. The molecule has 6 nitrogen and oxygen atoms in total. The van der Waals surface area contributed by atoms with Crippen LogP contribution in [0.3, 0.4) is 0 Å². The first-order chi connectivity index (χ1) is 15.1. The molecule has 1 aromatic rings. The molecular weight excluding hydrogens is 392 g/mol. The third-order valence-electron chi connectivity index (χ3n) is 7.66. The molecule has 6 heteroatoms. The monoisotopic (exact) mass is 426 g/mol. The number of hydrogen-bond donors (Lipinski definition) is 1. The number of piperidine rings is 1. The molecule has 2 heterocycles. The van der Waals surface area contributed by atoms with Gasteiger partial charge in [-0.05, 0) is 62.8 Å². The van der Waals surface area contributed by atoms with E-state index in [9.17, 15) is 9.59 Å². The van der Waals surface area contributed by atoms with E-state index in [1.165, 1.54) is 5.56 Å². The number of ether oxygens (including phenoxy) is 2. The van der Waals surface area contributed by atoms with Crippen molar-refractivity contribution in [1.29, 1.82) is 0 Å². The van der Waals surface area contributed by atoms with Gasteiger partial charge in [0, 0.05) is 12.5 Å². The van der Waals surface area contributed by atoms with E-state index < -0.39 is 5.54 Å². The average Bonchev–Trinajstić information content (AvgIpc) is 3.64. The molecule has 1 N–H and O–H groups in total. The highest BCUT2D eigenvalue weighted by Crippen LogP contribution is 2.38. The normalized spacial score (nSPS) is 33.9. The Morgan fingerprint density at radius 1 is 1.13 bits per heavy atom. The van der Waals surface area contributed by atoms with Crippen LogP contribution in [0.4, 0.5) is 0 Å². The Kier molecular flexibility index (Phi) is 6.02. The number of hydrogen-bond acceptors (Lipinski definition) is 4. The second-order valence-corrected chi connectivity index (χ2v) is 9.84. The van der Waals surface area contributed by atoms with Gasteiger partial charge >= 0.3 is 0 Å². The molecule has 2 saturated heterocycles. The third-order valence-corrected chi connectivity index (χ3v) is 7.66. The molecule has 2 saturated carbocycles. The Hall–Kier alpha value is -1.92. The zero-order chi connectivity index (χ0) is 21.3. The number of morpholine rings is 1. The summed E-state index contributed by atoms with van der Waals surface area (Å²) in [5.74, 6) is 0.931. The fraction of sp³-hybridized carbons (Fsp3) is 0.680. The Bertz CT molecular complexity index is 784. The summed E-state index contributed by atoms with van der Waals surface area (Å²) in [6.07, 6.45) is 8.27. The quantitative estimate of drug-likeness (QED) is 0.786. The molecule has 2 aliphatic heterocycles. The number of nitrogens with one attached hydrogen (secondary N) is 1. The SMILES string of the molecule is O=C1COC[C@@]2(CCCN(C(=O)C3CC3)[C@H]2CO[C@H]2CC[C@@H](c3ccccc3)CC2)N1. The predicted octanol–water partition coefficient (Wildman–Crippen LogP) is 3.02. The lowest BCUT2D eigenvalue weighted by atomic mass is 9.80. The molecule has 2 amide bonds. The molecule has 1 aromatic carbocycles. The number of likely N-dealkylation sites (tertiary alicyclic amines) is 1. The van der Waals surface area contributed by atoms with Gasteiger partial charge in [-0.15, -0.1) is 0 Å². The van der Waals surface area contributed by atoms with Crippen molar-refractivity contribution in [1.82, 2.24) is 10.2 Å². The fourth-order valence-electron chi connectivity index (χ4n) is 5.77. The van der Waals surface area contributed by atoms with Crippen LogP contribution in [-0.2, 0) is 19.1 Å². The highest BCUT2D eigenvalue weighted by molar-refractivity contribution is 5.82. The molecule has 31 heavy (non-hydrogen) atoms. The summed E-state index contributed by atoms with van der Waals surface area (Å²) in [6, 6.07) is 10.6. The largest absolute Gasteiger partial charge is 0.376 e. The smallest absolute Gasteiger partial charge is 0.246 e. The minimum Gasteiger partial charge on any atom is -0.376 e. The number of benzene rings is 1. The minimum absolute atomic E-state index is 0.0830.